The minimum absolute atomic E-state index is 0.0108. The number of rotatable bonds is 24. The molecule has 19 nitrogen and oxygen atoms in total. The number of aliphatic hydroxyl groups excluding tert-OH is 3. The summed E-state index contributed by atoms with van der Waals surface area (Å²) in [6, 6.07) is -7.65. The van der Waals surface area contributed by atoms with Crippen molar-refractivity contribution < 1.29 is 59.1 Å². The summed E-state index contributed by atoms with van der Waals surface area (Å²) in [7, 11) is 0. The van der Waals surface area contributed by atoms with Crippen molar-refractivity contribution in [3.63, 3.8) is 0 Å². The average molecular weight is 664 g/mol. The second-order valence-electron chi connectivity index (χ2n) is 10.7. The highest BCUT2D eigenvalue weighted by Gasteiger charge is 2.35. The molecule has 0 saturated heterocycles. The van der Waals surface area contributed by atoms with Crippen molar-refractivity contribution in [1.29, 1.82) is 0 Å². The molecule has 0 rings (SSSR count). The van der Waals surface area contributed by atoms with E-state index < -0.39 is 103 Å². The van der Waals surface area contributed by atoms with Crippen molar-refractivity contribution in [2.75, 3.05) is 19.7 Å². The normalized spacial score (nSPS) is 15.5. The Morgan fingerprint density at radius 1 is 0.587 bits per heavy atom. The Balaban J connectivity index is 5.85. The summed E-state index contributed by atoms with van der Waals surface area (Å²) in [6.45, 7) is 1.93. The first-order valence-electron chi connectivity index (χ1n) is 14.9. The number of aliphatic carboxylic acids is 2. The van der Waals surface area contributed by atoms with Gasteiger partial charge in [-0.05, 0) is 65.5 Å². The second-order valence-corrected chi connectivity index (χ2v) is 10.7. The van der Waals surface area contributed by atoms with E-state index in [4.69, 9.17) is 21.7 Å². The predicted molar refractivity (Wildman–Crippen MR) is 160 cm³/mol. The van der Waals surface area contributed by atoms with Crippen LogP contribution in [0.5, 0.6) is 0 Å². The van der Waals surface area contributed by atoms with Crippen molar-refractivity contribution in [2.45, 2.75) is 108 Å². The molecule has 0 unspecified atom stereocenters. The quantitative estimate of drug-likeness (QED) is 0.0432. The van der Waals surface area contributed by atoms with E-state index in [0.717, 1.165) is 13.8 Å². The largest absolute Gasteiger partial charge is 0.481 e. The Morgan fingerprint density at radius 2 is 1.00 bits per heavy atom. The monoisotopic (exact) mass is 663 g/mol. The van der Waals surface area contributed by atoms with Crippen molar-refractivity contribution in [2.24, 2.45) is 11.5 Å². The number of hydrogen-bond acceptors (Lipinski definition) is 12. The predicted octanol–water partition coefficient (Wildman–Crippen LogP) is -4.63. The number of carbonyl (C=O) groups excluding carboxylic acids is 5. The van der Waals surface area contributed by atoms with Gasteiger partial charge in [-0.1, -0.05) is 0 Å². The topological polar surface area (TPSA) is 333 Å². The van der Waals surface area contributed by atoms with Gasteiger partial charge in [0.05, 0.1) is 25.2 Å². The molecule has 0 heterocycles. The van der Waals surface area contributed by atoms with Crippen molar-refractivity contribution in [3.8, 4) is 0 Å². The molecular formula is C27H49N7O12. The number of nitrogens with two attached hydrogens (primary N) is 2. The standard InChI is InChI=1S/C27H49N7O12/c1-14(36)21(25(43)31-17(8-4-6-12-29)23(41)32-18(13-35)27(45)46)34-26(44)22(15(2)37)33-24(42)16(7-3-5-11-28)30-19(38)9-10-20(39)40/h14-18,21-22,35-37H,3-13,28-29H2,1-2H3,(H,30,38)(H,31,43)(H,32,41)(H,33,42)(H,34,44)(H,39,40)(H,45,46)/t14-,15-,16+,17+,18+,21+,22+/m1/s1. The first-order valence-corrected chi connectivity index (χ1v) is 14.9. The van der Waals surface area contributed by atoms with Crippen molar-refractivity contribution >= 4 is 41.5 Å². The van der Waals surface area contributed by atoms with Crippen LogP contribution in [0.15, 0.2) is 0 Å². The summed E-state index contributed by atoms with van der Waals surface area (Å²) in [5.74, 6) is -7.51. The number of hydrogen-bond donors (Lipinski definition) is 12. The molecule has 19 heteroatoms. The van der Waals surface area contributed by atoms with E-state index in [-0.39, 0.29) is 19.4 Å². The van der Waals surface area contributed by atoms with Crippen molar-refractivity contribution in [3.05, 3.63) is 0 Å². The van der Waals surface area contributed by atoms with Crippen LogP contribution in [-0.4, -0.2) is 129 Å². The van der Waals surface area contributed by atoms with Gasteiger partial charge in [0.15, 0.2) is 0 Å². The number of carboxylic acids is 2. The first kappa shape index (κ1) is 42.1. The van der Waals surface area contributed by atoms with Crippen LogP contribution < -0.4 is 38.1 Å². The number of nitrogens with one attached hydrogen (secondary N) is 5. The minimum atomic E-state index is -1.72. The lowest BCUT2D eigenvalue weighted by molar-refractivity contribution is -0.143. The highest BCUT2D eigenvalue weighted by atomic mass is 16.4. The molecule has 0 spiro atoms. The highest BCUT2D eigenvalue weighted by Crippen LogP contribution is 2.07. The van der Waals surface area contributed by atoms with Gasteiger partial charge in [0.25, 0.3) is 0 Å². The third kappa shape index (κ3) is 16.4. The van der Waals surface area contributed by atoms with Gasteiger partial charge < -0.3 is 63.6 Å². The molecule has 0 bridgehead atoms. The molecular weight excluding hydrogens is 614 g/mol. The number of unbranched alkanes of at least 4 members (excludes halogenated alkanes) is 2. The van der Waals surface area contributed by atoms with E-state index in [1.165, 1.54) is 0 Å². The summed E-state index contributed by atoms with van der Waals surface area (Å²) >= 11 is 0. The molecule has 0 aliphatic carbocycles. The van der Waals surface area contributed by atoms with E-state index >= 15 is 0 Å². The third-order valence-corrected chi connectivity index (χ3v) is 6.67. The highest BCUT2D eigenvalue weighted by molar-refractivity contribution is 5.96. The van der Waals surface area contributed by atoms with Crippen LogP contribution in [0.2, 0.25) is 0 Å². The number of carbonyl (C=O) groups is 7. The lowest BCUT2D eigenvalue weighted by Crippen LogP contribution is -2.62. The third-order valence-electron chi connectivity index (χ3n) is 6.67. The van der Waals surface area contributed by atoms with Gasteiger partial charge in [0.2, 0.25) is 29.5 Å². The molecule has 0 aromatic rings. The molecule has 0 aliphatic heterocycles. The van der Waals surface area contributed by atoms with E-state index in [9.17, 15) is 48.9 Å². The van der Waals surface area contributed by atoms with Gasteiger partial charge in [0, 0.05) is 6.42 Å². The number of amides is 5. The number of carboxylic acid groups (broad SMARTS) is 2. The molecule has 7 atom stereocenters. The Kier molecular flexibility index (Phi) is 20.7. The molecule has 0 fully saturated rings. The Bertz CT molecular complexity index is 1030. The van der Waals surface area contributed by atoms with Gasteiger partial charge in [-0.2, -0.15) is 0 Å². The van der Waals surface area contributed by atoms with Crippen LogP contribution in [0.1, 0.15) is 65.2 Å². The van der Waals surface area contributed by atoms with Gasteiger partial charge in [-0.15, -0.1) is 0 Å². The fourth-order valence-electron chi connectivity index (χ4n) is 4.04. The maximum atomic E-state index is 13.2. The Labute approximate surface area is 266 Å². The van der Waals surface area contributed by atoms with Crippen LogP contribution >= 0.6 is 0 Å². The summed E-state index contributed by atoms with van der Waals surface area (Å²) in [5, 5.41) is 59.1. The maximum absolute atomic E-state index is 13.2. The maximum Gasteiger partial charge on any atom is 0.328 e. The zero-order valence-corrected chi connectivity index (χ0v) is 26.1. The van der Waals surface area contributed by atoms with E-state index in [2.05, 4.69) is 26.6 Å². The van der Waals surface area contributed by atoms with E-state index in [1.807, 2.05) is 0 Å². The van der Waals surface area contributed by atoms with E-state index in [1.54, 1.807) is 0 Å². The summed E-state index contributed by atoms with van der Waals surface area (Å²) in [5.41, 5.74) is 11.0. The fourth-order valence-corrected chi connectivity index (χ4v) is 4.04. The molecule has 0 saturated carbocycles. The SMILES string of the molecule is C[C@@H](O)[C@H](NC(=O)[C@H](CCCCN)NC(=O)CCC(=O)O)C(=O)N[C@H](C(=O)N[C@@H](CCCCN)C(=O)N[C@@H](CO)C(=O)O)[C@@H](C)O. The van der Waals surface area contributed by atoms with Crippen LogP contribution in [0.3, 0.4) is 0 Å². The molecule has 5 amide bonds. The zero-order valence-electron chi connectivity index (χ0n) is 26.1. The van der Waals surface area contributed by atoms with Crippen LogP contribution in [0.25, 0.3) is 0 Å². The molecule has 264 valence electrons. The van der Waals surface area contributed by atoms with Crippen LogP contribution in [-0.2, 0) is 33.6 Å². The van der Waals surface area contributed by atoms with Gasteiger partial charge in [-0.3, -0.25) is 28.8 Å². The van der Waals surface area contributed by atoms with Gasteiger partial charge >= 0.3 is 11.9 Å². The summed E-state index contributed by atoms with van der Waals surface area (Å²) in [6.07, 6.45) is -2.30. The minimum Gasteiger partial charge on any atom is -0.481 e. The smallest absolute Gasteiger partial charge is 0.328 e. The first-order chi connectivity index (χ1) is 21.6. The zero-order chi connectivity index (χ0) is 35.4. The summed E-state index contributed by atoms with van der Waals surface area (Å²) < 4.78 is 0. The van der Waals surface area contributed by atoms with Crippen molar-refractivity contribution in [1.82, 2.24) is 26.6 Å². The fraction of sp³-hybridized carbons (Fsp3) is 0.741. The lowest BCUT2D eigenvalue weighted by Gasteiger charge is -2.29. The lowest BCUT2D eigenvalue weighted by atomic mass is 10.0. The summed E-state index contributed by atoms with van der Waals surface area (Å²) in [4.78, 5) is 86.4. The van der Waals surface area contributed by atoms with E-state index in [0.29, 0.717) is 32.2 Å². The molecule has 14 N–H and O–H groups in total. The van der Waals surface area contributed by atoms with Crippen LogP contribution in [0, 0.1) is 0 Å². The van der Waals surface area contributed by atoms with Gasteiger partial charge in [-0.25, -0.2) is 4.79 Å². The average Bonchev–Trinajstić information content (AvgIpc) is 2.98. The van der Waals surface area contributed by atoms with Gasteiger partial charge in [0.1, 0.15) is 30.2 Å². The molecule has 0 aliphatic rings. The Hall–Kier alpha value is -3.91. The molecule has 46 heavy (non-hydrogen) atoms. The number of aliphatic hydroxyl groups is 3. The molecule has 0 aromatic heterocycles. The second kappa shape index (κ2) is 22.6. The van der Waals surface area contributed by atoms with Crippen LogP contribution in [0.4, 0.5) is 0 Å². The Morgan fingerprint density at radius 3 is 1.41 bits per heavy atom. The molecule has 0 aromatic carbocycles. The molecule has 0 radical (unpaired) electrons.